The van der Waals surface area contributed by atoms with Crippen LogP contribution in [0, 0.1) is 5.92 Å². The minimum Gasteiger partial charge on any atom is -0.497 e. The standard InChI is InChI=1S/C37H49ClN4O5/c1-5-26-9-6-10-28(23-26)34-32(12-7-13-33(34)38)35(47-22-20-40-37(44)46-4)29-11-8-21-42(25-29)36(43)41-24-30(39-2)17-14-27-15-18-31(45-3)19-16-27/h6-7,9-10,12-13,15-16,18-19,23,29-30,35,39H,5,8,11,14,17,20-22,24-25H2,1-4H3,(H,40,44)(H,41,43)/t29-,30+,35-/m1/s1. The number of amides is 3. The van der Waals surface area contributed by atoms with E-state index in [1.54, 1.807) is 7.11 Å². The van der Waals surface area contributed by atoms with Crippen molar-refractivity contribution >= 4 is 23.7 Å². The molecule has 1 aliphatic heterocycles. The maximum absolute atomic E-state index is 13.5. The Labute approximate surface area is 284 Å². The highest BCUT2D eigenvalue weighted by Crippen LogP contribution is 2.41. The molecule has 10 heteroatoms. The third-order valence-corrected chi connectivity index (χ3v) is 9.17. The molecule has 47 heavy (non-hydrogen) atoms. The third-order valence-electron chi connectivity index (χ3n) is 8.85. The minimum atomic E-state index is -0.505. The molecule has 0 aliphatic carbocycles. The molecule has 3 aromatic carbocycles. The van der Waals surface area contributed by atoms with E-state index in [0.29, 0.717) is 31.2 Å². The Hall–Kier alpha value is -3.79. The number of hydrogen-bond acceptors (Lipinski definition) is 6. The van der Waals surface area contributed by atoms with Crippen molar-refractivity contribution in [3.63, 3.8) is 0 Å². The second-order valence-electron chi connectivity index (χ2n) is 11.9. The Bertz CT molecular complexity index is 1440. The van der Waals surface area contributed by atoms with Gasteiger partial charge >= 0.3 is 12.1 Å². The van der Waals surface area contributed by atoms with Gasteiger partial charge in [-0.1, -0.05) is 67.1 Å². The molecule has 3 N–H and O–H groups in total. The van der Waals surface area contributed by atoms with Crippen LogP contribution in [0.5, 0.6) is 5.75 Å². The predicted molar refractivity (Wildman–Crippen MR) is 187 cm³/mol. The van der Waals surface area contributed by atoms with Crippen LogP contribution in [0.4, 0.5) is 9.59 Å². The summed E-state index contributed by atoms with van der Waals surface area (Å²) < 4.78 is 16.6. The summed E-state index contributed by atoms with van der Waals surface area (Å²) in [5.74, 6) is 0.864. The number of benzene rings is 3. The summed E-state index contributed by atoms with van der Waals surface area (Å²) in [7, 11) is 4.93. The fraction of sp³-hybridized carbons (Fsp3) is 0.459. The molecule has 3 aromatic rings. The molecule has 0 saturated carbocycles. The van der Waals surface area contributed by atoms with E-state index < -0.39 is 6.09 Å². The lowest BCUT2D eigenvalue weighted by Gasteiger charge is -2.38. The number of aryl methyl sites for hydroxylation is 2. The first-order valence-electron chi connectivity index (χ1n) is 16.5. The molecule has 1 saturated heterocycles. The zero-order chi connectivity index (χ0) is 33.6. The summed E-state index contributed by atoms with van der Waals surface area (Å²) in [5.41, 5.74) is 5.39. The molecule has 0 unspecified atom stereocenters. The first-order chi connectivity index (χ1) is 22.9. The molecule has 3 atom stereocenters. The quantitative estimate of drug-likeness (QED) is 0.158. The van der Waals surface area contributed by atoms with E-state index in [1.165, 1.54) is 18.2 Å². The molecule has 0 bridgehead atoms. The number of nitrogens with zero attached hydrogens (tertiary/aromatic N) is 1. The Morgan fingerprint density at radius 1 is 1.02 bits per heavy atom. The monoisotopic (exact) mass is 664 g/mol. The Morgan fingerprint density at radius 3 is 2.53 bits per heavy atom. The molecular weight excluding hydrogens is 616 g/mol. The topological polar surface area (TPSA) is 101 Å². The molecule has 0 radical (unpaired) electrons. The summed E-state index contributed by atoms with van der Waals surface area (Å²) >= 11 is 6.89. The van der Waals surface area contributed by atoms with Crippen LogP contribution < -0.4 is 20.7 Å². The Balaban J connectivity index is 1.47. The van der Waals surface area contributed by atoms with Gasteiger partial charge in [0.05, 0.1) is 26.9 Å². The number of methoxy groups -OCH3 is 2. The number of likely N-dealkylation sites (N-methyl/N-ethyl adjacent to an activating group) is 1. The normalized spacial score (nSPS) is 15.9. The summed E-state index contributed by atoms with van der Waals surface area (Å²) in [6, 6.07) is 22.5. The zero-order valence-corrected chi connectivity index (χ0v) is 28.8. The van der Waals surface area contributed by atoms with Crippen molar-refractivity contribution in [1.29, 1.82) is 0 Å². The van der Waals surface area contributed by atoms with E-state index in [2.05, 4.69) is 65.3 Å². The van der Waals surface area contributed by atoms with Crippen LogP contribution in [0.1, 0.15) is 49.0 Å². The first-order valence-corrected chi connectivity index (χ1v) is 16.9. The SMILES string of the molecule is CCc1cccc(-c2c(Cl)cccc2[C@H](OCCNC(=O)OC)[C@@H]2CCCN(C(=O)NC[C@H](CCc3ccc(OC)cc3)NC)C2)c1. The molecule has 1 fully saturated rings. The van der Waals surface area contributed by atoms with Crippen molar-refractivity contribution in [2.45, 2.75) is 51.2 Å². The number of halogens is 1. The number of urea groups is 1. The lowest BCUT2D eigenvalue weighted by molar-refractivity contribution is -0.00816. The lowest BCUT2D eigenvalue weighted by Crippen LogP contribution is -2.49. The van der Waals surface area contributed by atoms with Gasteiger partial charge in [-0.25, -0.2) is 9.59 Å². The molecule has 4 rings (SSSR count). The van der Waals surface area contributed by atoms with Crippen LogP contribution in [0.2, 0.25) is 5.02 Å². The van der Waals surface area contributed by atoms with Gasteiger partial charge in [0.2, 0.25) is 0 Å². The van der Waals surface area contributed by atoms with Crippen molar-refractivity contribution in [2.24, 2.45) is 5.92 Å². The molecule has 0 aromatic heterocycles. The number of ether oxygens (including phenoxy) is 3. The molecular formula is C37H49ClN4O5. The van der Waals surface area contributed by atoms with Crippen LogP contribution in [0.15, 0.2) is 66.7 Å². The predicted octanol–water partition coefficient (Wildman–Crippen LogP) is 6.63. The summed E-state index contributed by atoms with van der Waals surface area (Å²) in [5, 5.41) is 9.87. The molecule has 9 nitrogen and oxygen atoms in total. The van der Waals surface area contributed by atoms with Gasteiger partial charge in [-0.05, 0) is 79.6 Å². The van der Waals surface area contributed by atoms with Crippen LogP contribution in [-0.4, -0.2) is 77.1 Å². The lowest BCUT2D eigenvalue weighted by atomic mass is 9.84. The number of nitrogens with one attached hydrogen (secondary N) is 3. The van der Waals surface area contributed by atoms with E-state index in [0.717, 1.165) is 54.5 Å². The van der Waals surface area contributed by atoms with E-state index in [-0.39, 0.29) is 30.7 Å². The second-order valence-corrected chi connectivity index (χ2v) is 12.3. The van der Waals surface area contributed by atoms with Crippen molar-refractivity contribution in [1.82, 2.24) is 20.9 Å². The third kappa shape index (κ3) is 10.3. The molecule has 3 amide bonds. The van der Waals surface area contributed by atoms with Crippen LogP contribution in [0.25, 0.3) is 11.1 Å². The van der Waals surface area contributed by atoms with Gasteiger partial charge < -0.3 is 35.1 Å². The summed E-state index contributed by atoms with van der Waals surface area (Å²) in [6.07, 6.45) is 3.58. The largest absolute Gasteiger partial charge is 0.497 e. The van der Waals surface area contributed by atoms with E-state index in [4.69, 9.17) is 25.8 Å². The van der Waals surface area contributed by atoms with Crippen molar-refractivity contribution < 1.29 is 23.8 Å². The van der Waals surface area contributed by atoms with Crippen molar-refractivity contribution in [3.8, 4) is 16.9 Å². The average molecular weight is 665 g/mol. The fourth-order valence-corrected chi connectivity index (χ4v) is 6.46. The molecule has 0 spiro atoms. The van der Waals surface area contributed by atoms with Gasteiger partial charge in [-0.3, -0.25) is 0 Å². The van der Waals surface area contributed by atoms with Crippen LogP contribution in [0.3, 0.4) is 0 Å². The smallest absolute Gasteiger partial charge is 0.406 e. The number of carbonyl (C=O) groups is 2. The number of alkyl carbamates (subject to hydrolysis) is 1. The Kier molecular flexibility index (Phi) is 14.2. The number of carbonyl (C=O) groups excluding carboxylic acids is 2. The minimum absolute atomic E-state index is 0.0226. The van der Waals surface area contributed by atoms with Crippen molar-refractivity contribution in [3.05, 3.63) is 88.4 Å². The maximum atomic E-state index is 13.5. The average Bonchev–Trinajstić information content (AvgIpc) is 3.11. The van der Waals surface area contributed by atoms with E-state index >= 15 is 0 Å². The molecule has 1 aliphatic rings. The molecule has 254 valence electrons. The van der Waals surface area contributed by atoms with E-state index in [9.17, 15) is 9.59 Å². The number of hydrogen-bond donors (Lipinski definition) is 3. The van der Waals surface area contributed by atoms with Gasteiger partial charge in [0.15, 0.2) is 0 Å². The number of likely N-dealkylation sites (tertiary alicyclic amines) is 1. The second kappa shape index (κ2) is 18.5. The highest BCUT2D eigenvalue weighted by molar-refractivity contribution is 6.33. The van der Waals surface area contributed by atoms with Gasteiger partial charge in [0.1, 0.15) is 5.75 Å². The number of piperidine rings is 1. The summed E-state index contributed by atoms with van der Waals surface area (Å²) in [6.45, 7) is 4.45. The zero-order valence-electron chi connectivity index (χ0n) is 28.0. The van der Waals surface area contributed by atoms with Gasteiger partial charge in [0.25, 0.3) is 0 Å². The maximum Gasteiger partial charge on any atom is 0.406 e. The van der Waals surface area contributed by atoms with Gasteiger partial charge in [-0.2, -0.15) is 0 Å². The van der Waals surface area contributed by atoms with E-state index in [1.807, 2.05) is 36.2 Å². The Morgan fingerprint density at radius 2 is 1.81 bits per heavy atom. The highest BCUT2D eigenvalue weighted by Gasteiger charge is 2.33. The van der Waals surface area contributed by atoms with Crippen LogP contribution >= 0.6 is 11.6 Å². The van der Waals surface area contributed by atoms with Crippen LogP contribution in [-0.2, 0) is 22.3 Å². The molecule has 1 heterocycles. The first kappa shape index (κ1) is 36.1. The fourth-order valence-electron chi connectivity index (χ4n) is 6.17. The summed E-state index contributed by atoms with van der Waals surface area (Å²) in [4.78, 5) is 27.1. The number of rotatable bonds is 15. The highest BCUT2D eigenvalue weighted by atomic mass is 35.5. The van der Waals surface area contributed by atoms with Crippen molar-refractivity contribution in [2.75, 3.05) is 54.1 Å². The van der Waals surface area contributed by atoms with Gasteiger partial charge in [-0.15, -0.1) is 0 Å². The van der Waals surface area contributed by atoms with Gasteiger partial charge in [0, 0.05) is 48.7 Å².